The van der Waals surface area contributed by atoms with E-state index in [4.69, 9.17) is 16.3 Å². The Morgan fingerprint density at radius 2 is 2.13 bits per heavy atom. The van der Waals surface area contributed by atoms with Crippen LogP contribution in [0.2, 0.25) is 5.02 Å². The molecule has 0 aliphatic rings. The van der Waals surface area contributed by atoms with E-state index in [0.29, 0.717) is 22.3 Å². The molecule has 1 aromatic carbocycles. The highest BCUT2D eigenvalue weighted by molar-refractivity contribution is 6.31. The van der Waals surface area contributed by atoms with Crippen molar-refractivity contribution < 1.29 is 9.53 Å². The molecule has 0 saturated heterocycles. The van der Waals surface area contributed by atoms with E-state index in [2.05, 4.69) is 20.6 Å². The van der Waals surface area contributed by atoms with Crippen molar-refractivity contribution in [2.24, 2.45) is 0 Å². The molecule has 0 saturated carbocycles. The molecule has 0 aliphatic heterocycles. The zero-order valence-electron chi connectivity index (χ0n) is 13.1. The van der Waals surface area contributed by atoms with Crippen LogP contribution in [0.4, 0.5) is 16.3 Å². The fourth-order valence-electron chi connectivity index (χ4n) is 1.83. The van der Waals surface area contributed by atoms with Crippen LogP contribution in [0.15, 0.2) is 30.5 Å². The molecule has 0 atom stereocenters. The second kappa shape index (κ2) is 7.64. The molecule has 2 rings (SSSR count). The number of hydrogen-bond acceptors (Lipinski definition) is 5. The number of aromatic nitrogens is 2. The summed E-state index contributed by atoms with van der Waals surface area (Å²) in [5.41, 5.74) is 0.487. The second-order valence-corrected chi connectivity index (χ2v) is 5.31. The van der Waals surface area contributed by atoms with Gasteiger partial charge in [-0.15, -0.1) is 0 Å². The topological polar surface area (TPSA) is 79.4 Å². The molecule has 122 valence electrons. The predicted molar refractivity (Wildman–Crippen MR) is 90.2 cm³/mol. The van der Waals surface area contributed by atoms with Crippen molar-refractivity contribution in [1.82, 2.24) is 15.3 Å². The van der Waals surface area contributed by atoms with Gasteiger partial charge in [-0.1, -0.05) is 11.6 Å². The van der Waals surface area contributed by atoms with Gasteiger partial charge in [-0.2, -0.15) is 0 Å². The lowest BCUT2D eigenvalue weighted by atomic mass is 10.3. The van der Waals surface area contributed by atoms with E-state index in [1.54, 1.807) is 30.5 Å². The first-order valence-corrected chi connectivity index (χ1v) is 7.25. The number of amides is 2. The average molecular weight is 336 g/mol. The number of nitrogens with zero attached hydrogens (tertiary/aromatic N) is 3. The van der Waals surface area contributed by atoms with Crippen molar-refractivity contribution in [3.8, 4) is 5.75 Å². The van der Waals surface area contributed by atoms with Gasteiger partial charge in [-0.25, -0.2) is 14.8 Å². The van der Waals surface area contributed by atoms with Gasteiger partial charge in [0.2, 0.25) is 0 Å². The summed E-state index contributed by atoms with van der Waals surface area (Å²) in [5.74, 6) is 1.81. The highest BCUT2D eigenvalue weighted by Gasteiger charge is 2.09. The van der Waals surface area contributed by atoms with Crippen molar-refractivity contribution in [3.63, 3.8) is 0 Å². The van der Waals surface area contributed by atoms with Gasteiger partial charge in [0.05, 0.1) is 19.3 Å². The van der Waals surface area contributed by atoms with E-state index in [1.165, 1.54) is 7.11 Å². The molecule has 0 fully saturated rings. The standard InChI is InChI=1S/C15H18ClN5O2/c1-21(2)14-6-7-17-13(20-14)9-18-15(22)19-11-8-10(16)4-5-12(11)23-3/h4-8H,9H2,1-3H3,(H2,18,19,22). The Bertz CT molecular complexity index is 693. The molecule has 7 nitrogen and oxygen atoms in total. The lowest BCUT2D eigenvalue weighted by Gasteiger charge is -2.13. The number of carbonyl (C=O) groups excluding carboxylic acids is 1. The number of rotatable bonds is 5. The van der Waals surface area contributed by atoms with E-state index in [1.807, 2.05) is 19.0 Å². The van der Waals surface area contributed by atoms with Gasteiger partial charge in [0.1, 0.15) is 17.4 Å². The Morgan fingerprint density at radius 1 is 1.35 bits per heavy atom. The molecule has 1 aromatic heterocycles. The number of methoxy groups -OCH3 is 1. The first-order chi connectivity index (χ1) is 11.0. The number of benzene rings is 1. The maximum absolute atomic E-state index is 12.0. The van der Waals surface area contributed by atoms with Gasteiger partial charge in [0.25, 0.3) is 0 Å². The van der Waals surface area contributed by atoms with E-state index in [0.717, 1.165) is 5.82 Å². The molecule has 0 radical (unpaired) electrons. The third kappa shape index (κ3) is 4.72. The van der Waals surface area contributed by atoms with Crippen LogP contribution in [0.25, 0.3) is 0 Å². The minimum absolute atomic E-state index is 0.205. The molecule has 0 aliphatic carbocycles. The van der Waals surface area contributed by atoms with E-state index in [-0.39, 0.29) is 6.54 Å². The third-order valence-electron chi connectivity index (χ3n) is 2.97. The Morgan fingerprint density at radius 3 is 2.83 bits per heavy atom. The molecule has 0 unspecified atom stereocenters. The predicted octanol–water partition coefficient (Wildman–Crippen LogP) is 2.53. The number of hydrogen-bond donors (Lipinski definition) is 2. The molecule has 2 amide bonds. The van der Waals surface area contributed by atoms with Crippen LogP contribution in [0.1, 0.15) is 5.82 Å². The number of anilines is 2. The number of halogens is 1. The summed E-state index contributed by atoms with van der Waals surface area (Å²) >= 11 is 5.93. The summed E-state index contributed by atoms with van der Waals surface area (Å²) < 4.78 is 5.17. The van der Waals surface area contributed by atoms with Crippen molar-refractivity contribution in [2.45, 2.75) is 6.54 Å². The number of ether oxygens (including phenoxy) is 1. The zero-order valence-corrected chi connectivity index (χ0v) is 13.9. The molecule has 0 bridgehead atoms. The van der Waals surface area contributed by atoms with Gasteiger partial charge in [-0.3, -0.25) is 0 Å². The summed E-state index contributed by atoms with van der Waals surface area (Å²) in [6.45, 7) is 0.205. The molecule has 0 spiro atoms. The maximum atomic E-state index is 12.0. The molecule has 2 N–H and O–H groups in total. The smallest absolute Gasteiger partial charge is 0.319 e. The van der Waals surface area contributed by atoms with E-state index < -0.39 is 6.03 Å². The molecule has 1 heterocycles. The van der Waals surface area contributed by atoms with Gasteiger partial charge in [-0.05, 0) is 24.3 Å². The lowest BCUT2D eigenvalue weighted by Crippen LogP contribution is -2.29. The Hall–Kier alpha value is -2.54. The van der Waals surface area contributed by atoms with Crippen LogP contribution in [-0.2, 0) is 6.54 Å². The summed E-state index contributed by atoms with van der Waals surface area (Å²) in [4.78, 5) is 22.3. The number of nitrogens with one attached hydrogen (secondary N) is 2. The molecule has 8 heteroatoms. The van der Waals surface area contributed by atoms with Gasteiger partial charge >= 0.3 is 6.03 Å². The first kappa shape index (κ1) is 16.8. The van der Waals surface area contributed by atoms with Gasteiger partial charge < -0.3 is 20.3 Å². The highest BCUT2D eigenvalue weighted by Crippen LogP contribution is 2.27. The van der Waals surface area contributed by atoms with Crippen molar-refractivity contribution in [3.05, 3.63) is 41.3 Å². The first-order valence-electron chi connectivity index (χ1n) is 6.87. The molecular formula is C15H18ClN5O2. The number of urea groups is 1. The monoisotopic (exact) mass is 335 g/mol. The lowest BCUT2D eigenvalue weighted by molar-refractivity contribution is 0.251. The van der Waals surface area contributed by atoms with Crippen LogP contribution in [0.5, 0.6) is 5.75 Å². The van der Waals surface area contributed by atoms with Gasteiger partial charge in [0, 0.05) is 25.3 Å². The van der Waals surface area contributed by atoms with Gasteiger partial charge in [0.15, 0.2) is 0 Å². The van der Waals surface area contributed by atoms with Crippen LogP contribution >= 0.6 is 11.6 Å². The zero-order chi connectivity index (χ0) is 16.8. The summed E-state index contributed by atoms with van der Waals surface area (Å²) in [6.07, 6.45) is 1.65. The summed E-state index contributed by atoms with van der Waals surface area (Å²) in [5, 5.41) is 5.88. The van der Waals surface area contributed by atoms with Crippen LogP contribution < -0.4 is 20.3 Å². The quantitative estimate of drug-likeness (QED) is 0.877. The van der Waals surface area contributed by atoms with Crippen LogP contribution in [0.3, 0.4) is 0 Å². The summed E-state index contributed by atoms with van der Waals surface area (Å²) in [6, 6.07) is 6.37. The fraction of sp³-hybridized carbons (Fsp3) is 0.267. The van der Waals surface area contributed by atoms with E-state index in [9.17, 15) is 4.79 Å². The second-order valence-electron chi connectivity index (χ2n) is 4.88. The Kier molecular flexibility index (Phi) is 5.59. The largest absolute Gasteiger partial charge is 0.495 e. The van der Waals surface area contributed by atoms with Crippen LogP contribution in [0, 0.1) is 0 Å². The average Bonchev–Trinajstić information content (AvgIpc) is 2.53. The molecular weight excluding hydrogens is 318 g/mol. The van der Waals surface area contributed by atoms with Crippen LogP contribution in [-0.4, -0.2) is 37.2 Å². The SMILES string of the molecule is COc1ccc(Cl)cc1NC(=O)NCc1nccc(N(C)C)n1. The fourth-order valence-corrected chi connectivity index (χ4v) is 2.00. The number of carbonyl (C=O) groups is 1. The Balaban J connectivity index is 1.98. The highest BCUT2D eigenvalue weighted by atomic mass is 35.5. The van der Waals surface area contributed by atoms with E-state index >= 15 is 0 Å². The summed E-state index contributed by atoms with van der Waals surface area (Å²) in [7, 11) is 5.29. The minimum atomic E-state index is -0.399. The molecule has 23 heavy (non-hydrogen) atoms. The third-order valence-corrected chi connectivity index (χ3v) is 3.20. The normalized spacial score (nSPS) is 10.1. The minimum Gasteiger partial charge on any atom is -0.495 e. The molecule has 2 aromatic rings. The van der Waals surface area contributed by atoms with Crippen molar-refractivity contribution >= 4 is 29.1 Å². The maximum Gasteiger partial charge on any atom is 0.319 e. The Labute approximate surface area is 139 Å². The van der Waals surface area contributed by atoms with Crippen molar-refractivity contribution in [1.29, 1.82) is 0 Å². The van der Waals surface area contributed by atoms with Crippen molar-refractivity contribution in [2.75, 3.05) is 31.4 Å².